The Kier molecular flexibility index (Phi) is 6.83. The van der Waals surface area contributed by atoms with Crippen molar-refractivity contribution >= 4 is 17.4 Å². The van der Waals surface area contributed by atoms with Crippen LogP contribution in [0.15, 0.2) is 36.4 Å². The molecule has 0 bridgehead atoms. The van der Waals surface area contributed by atoms with Gasteiger partial charge in [0.1, 0.15) is 0 Å². The Hall–Kier alpha value is -3.22. The highest BCUT2D eigenvalue weighted by molar-refractivity contribution is 5.91. The molecule has 1 aliphatic heterocycles. The Balaban J connectivity index is 1.43. The second-order valence-electron chi connectivity index (χ2n) is 8.42. The van der Waals surface area contributed by atoms with Gasteiger partial charge in [0.15, 0.2) is 11.6 Å². The summed E-state index contributed by atoms with van der Waals surface area (Å²) in [4.78, 5) is 14.9. The summed E-state index contributed by atoms with van der Waals surface area (Å²) in [6, 6.07) is 12.0. The first-order valence-corrected chi connectivity index (χ1v) is 11.6. The Morgan fingerprint density at radius 1 is 1.00 bits per heavy atom. The van der Waals surface area contributed by atoms with E-state index in [0.717, 1.165) is 53.5 Å². The number of para-hydroxylation sites is 1. The van der Waals surface area contributed by atoms with Gasteiger partial charge in [0.2, 0.25) is 5.91 Å². The van der Waals surface area contributed by atoms with Crippen LogP contribution in [0.3, 0.4) is 0 Å². The number of hydrogen-bond donors (Lipinski definition) is 1. The van der Waals surface area contributed by atoms with Crippen molar-refractivity contribution in [3.8, 4) is 5.82 Å². The quantitative estimate of drug-likeness (QED) is 0.599. The van der Waals surface area contributed by atoms with Crippen molar-refractivity contribution in [2.24, 2.45) is 0 Å². The molecule has 1 fully saturated rings. The summed E-state index contributed by atoms with van der Waals surface area (Å²) in [5.74, 6) is 1.65. The molecule has 1 amide bonds. The lowest BCUT2D eigenvalue weighted by atomic mass is 10.1. The largest absolute Gasteiger partial charge is 0.355 e. The number of nitrogens with one attached hydrogen (secondary N) is 1. The van der Waals surface area contributed by atoms with E-state index < -0.39 is 0 Å². The Labute approximate surface area is 189 Å². The summed E-state index contributed by atoms with van der Waals surface area (Å²) in [5, 5.41) is 16.6. The standard InChI is InChI=1S/C25H32N6O/c1-4-20-10-6-7-11-22(20)26-25(32)15-12-21-18(2)29-31(19(21)3)24-14-13-23(27-28-24)30-16-8-5-9-17-30/h6-7,10-11,13-14H,4-5,8-9,12,15-17H2,1-3H3,(H,26,32). The van der Waals surface area contributed by atoms with Crippen molar-refractivity contribution < 1.29 is 4.79 Å². The number of anilines is 2. The van der Waals surface area contributed by atoms with Crippen molar-refractivity contribution in [3.63, 3.8) is 0 Å². The highest BCUT2D eigenvalue weighted by atomic mass is 16.1. The van der Waals surface area contributed by atoms with Crippen LogP contribution in [0.2, 0.25) is 0 Å². The van der Waals surface area contributed by atoms with Gasteiger partial charge in [0.25, 0.3) is 0 Å². The summed E-state index contributed by atoms with van der Waals surface area (Å²) >= 11 is 0. The van der Waals surface area contributed by atoms with E-state index in [0.29, 0.717) is 18.7 Å². The zero-order valence-corrected chi connectivity index (χ0v) is 19.3. The van der Waals surface area contributed by atoms with E-state index in [1.807, 2.05) is 54.9 Å². The molecule has 4 rings (SSSR count). The van der Waals surface area contributed by atoms with Crippen molar-refractivity contribution in [2.75, 3.05) is 23.3 Å². The summed E-state index contributed by atoms with van der Waals surface area (Å²) in [7, 11) is 0. The molecule has 1 N–H and O–H groups in total. The number of benzene rings is 1. The molecule has 7 nitrogen and oxygen atoms in total. The molecule has 0 radical (unpaired) electrons. The summed E-state index contributed by atoms with van der Waals surface area (Å²) in [6.45, 7) is 8.19. The van der Waals surface area contributed by atoms with Crippen molar-refractivity contribution in [2.45, 2.75) is 59.3 Å². The van der Waals surface area contributed by atoms with Gasteiger partial charge < -0.3 is 10.2 Å². The summed E-state index contributed by atoms with van der Waals surface area (Å²) < 4.78 is 1.84. The first-order chi connectivity index (χ1) is 15.6. The number of nitrogens with zero attached hydrogens (tertiary/aromatic N) is 5. The molecule has 7 heteroatoms. The Morgan fingerprint density at radius 2 is 1.72 bits per heavy atom. The van der Waals surface area contributed by atoms with Crippen molar-refractivity contribution in [3.05, 3.63) is 58.9 Å². The van der Waals surface area contributed by atoms with Crippen LogP contribution >= 0.6 is 0 Å². The van der Waals surface area contributed by atoms with Gasteiger partial charge in [0, 0.05) is 30.9 Å². The normalized spacial score (nSPS) is 13.9. The van der Waals surface area contributed by atoms with E-state index in [4.69, 9.17) is 0 Å². The molecular weight excluding hydrogens is 400 g/mol. The molecule has 0 saturated carbocycles. The van der Waals surface area contributed by atoms with Crippen LogP contribution in [-0.4, -0.2) is 39.0 Å². The van der Waals surface area contributed by atoms with E-state index in [2.05, 4.69) is 32.4 Å². The molecule has 0 spiro atoms. The van der Waals surface area contributed by atoms with E-state index >= 15 is 0 Å². The highest BCUT2D eigenvalue weighted by Crippen LogP contribution is 2.21. The molecule has 3 heterocycles. The van der Waals surface area contributed by atoms with Gasteiger partial charge in [0.05, 0.1) is 5.69 Å². The minimum Gasteiger partial charge on any atom is -0.355 e. The monoisotopic (exact) mass is 432 g/mol. The van der Waals surface area contributed by atoms with Crippen LogP contribution in [0.5, 0.6) is 0 Å². The van der Waals surface area contributed by atoms with E-state index in [1.165, 1.54) is 19.3 Å². The van der Waals surface area contributed by atoms with Gasteiger partial charge in [-0.3, -0.25) is 4.79 Å². The topological polar surface area (TPSA) is 75.9 Å². The van der Waals surface area contributed by atoms with Crippen LogP contribution in [-0.2, 0) is 17.6 Å². The minimum absolute atomic E-state index is 0.0168. The minimum atomic E-state index is 0.0168. The fraction of sp³-hybridized carbons (Fsp3) is 0.440. The van der Waals surface area contributed by atoms with Gasteiger partial charge in [-0.05, 0) is 75.3 Å². The molecule has 2 aromatic heterocycles. The van der Waals surface area contributed by atoms with Crippen LogP contribution < -0.4 is 10.2 Å². The predicted octanol–water partition coefficient (Wildman–Crippen LogP) is 4.40. The first-order valence-electron chi connectivity index (χ1n) is 11.6. The SMILES string of the molecule is CCc1ccccc1NC(=O)CCc1c(C)nn(-c2ccc(N3CCCCC3)nn2)c1C. The lowest BCUT2D eigenvalue weighted by molar-refractivity contribution is -0.116. The highest BCUT2D eigenvalue weighted by Gasteiger charge is 2.17. The van der Waals surface area contributed by atoms with Gasteiger partial charge >= 0.3 is 0 Å². The fourth-order valence-corrected chi connectivity index (χ4v) is 4.38. The summed E-state index contributed by atoms with van der Waals surface area (Å²) in [5.41, 5.74) is 5.06. The van der Waals surface area contributed by atoms with E-state index in [1.54, 1.807) is 0 Å². The molecule has 0 atom stereocenters. The first kappa shape index (κ1) is 22.0. The smallest absolute Gasteiger partial charge is 0.224 e. The predicted molar refractivity (Wildman–Crippen MR) is 127 cm³/mol. The number of rotatable bonds is 7. The molecule has 3 aromatic rings. The van der Waals surface area contributed by atoms with Gasteiger partial charge in [-0.2, -0.15) is 5.10 Å². The van der Waals surface area contributed by atoms with Crippen LogP contribution in [0.25, 0.3) is 5.82 Å². The molecule has 168 valence electrons. The third kappa shape index (κ3) is 4.82. The van der Waals surface area contributed by atoms with Gasteiger partial charge in [-0.15, -0.1) is 10.2 Å². The molecule has 1 aliphatic rings. The third-order valence-electron chi connectivity index (χ3n) is 6.25. The molecular formula is C25H32N6O. The molecule has 1 saturated heterocycles. The Bertz CT molecular complexity index is 1070. The van der Waals surface area contributed by atoms with Crippen LogP contribution in [0.4, 0.5) is 11.5 Å². The third-order valence-corrected chi connectivity index (χ3v) is 6.25. The number of hydrogen-bond acceptors (Lipinski definition) is 5. The maximum absolute atomic E-state index is 12.6. The number of aryl methyl sites for hydroxylation is 2. The number of amides is 1. The van der Waals surface area contributed by atoms with E-state index in [-0.39, 0.29) is 5.91 Å². The Morgan fingerprint density at radius 3 is 2.44 bits per heavy atom. The van der Waals surface area contributed by atoms with Crippen molar-refractivity contribution in [1.82, 2.24) is 20.0 Å². The molecule has 0 aliphatic carbocycles. The second kappa shape index (κ2) is 9.94. The number of carbonyl (C=O) groups is 1. The van der Waals surface area contributed by atoms with E-state index in [9.17, 15) is 4.79 Å². The van der Waals surface area contributed by atoms with Gasteiger partial charge in [-0.25, -0.2) is 4.68 Å². The average Bonchev–Trinajstić information content (AvgIpc) is 3.12. The van der Waals surface area contributed by atoms with Crippen molar-refractivity contribution in [1.29, 1.82) is 0 Å². The summed E-state index contributed by atoms with van der Waals surface area (Å²) in [6.07, 6.45) is 5.64. The lowest BCUT2D eigenvalue weighted by Gasteiger charge is -2.27. The second-order valence-corrected chi connectivity index (χ2v) is 8.42. The fourth-order valence-electron chi connectivity index (χ4n) is 4.38. The maximum atomic E-state index is 12.6. The lowest BCUT2D eigenvalue weighted by Crippen LogP contribution is -2.30. The zero-order valence-electron chi connectivity index (χ0n) is 19.3. The number of piperidine rings is 1. The van der Waals surface area contributed by atoms with Gasteiger partial charge in [-0.1, -0.05) is 25.1 Å². The molecule has 1 aromatic carbocycles. The van der Waals surface area contributed by atoms with Crippen LogP contribution in [0.1, 0.15) is 55.1 Å². The maximum Gasteiger partial charge on any atom is 0.224 e. The molecule has 32 heavy (non-hydrogen) atoms. The zero-order chi connectivity index (χ0) is 22.5. The average molecular weight is 433 g/mol. The number of carbonyl (C=O) groups excluding carboxylic acids is 1. The number of aromatic nitrogens is 4. The van der Waals surface area contributed by atoms with Crippen LogP contribution in [0, 0.1) is 13.8 Å². The molecule has 0 unspecified atom stereocenters.